The molecule has 1 N–H and O–H groups in total. The van der Waals surface area contributed by atoms with Crippen molar-refractivity contribution in [2.75, 3.05) is 7.05 Å². The number of rotatable bonds is 8. The van der Waals surface area contributed by atoms with E-state index < -0.39 is 14.9 Å². The van der Waals surface area contributed by atoms with Crippen LogP contribution in [0.2, 0.25) is 0 Å². The maximum absolute atomic E-state index is 12.4. The van der Waals surface area contributed by atoms with Gasteiger partial charge < -0.3 is 5.32 Å². The maximum Gasteiger partial charge on any atom is 0.273 e. The Bertz CT molecular complexity index is 864. The third kappa shape index (κ3) is 4.66. The van der Waals surface area contributed by atoms with Crippen molar-refractivity contribution in [1.82, 2.24) is 9.62 Å². The predicted octanol–water partition coefficient (Wildman–Crippen LogP) is 2.91. The van der Waals surface area contributed by atoms with Crippen molar-refractivity contribution in [2.24, 2.45) is 0 Å². The van der Waals surface area contributed by atoms with E-state index >= 15 is 0 Å². The van der Waals surface area contributed by atoms with Gasteiger partial charge in [-0.1, -0.05) is 30.3 Å². The molecule has 0 aliphatic heterocycles. The van der Waals surface area contributed by atoms with E-state index in [0.29, 0.717) is 18.7 Å². The molecule has 2 aromatic rings. The molecular formula is C18H23N3O4S. The van der Waals surface area contributed by atoms with Crippen LogP contribution in [0.5, 0.6) is 0 Å². The first-order chi connectivity index (χ1) is 12.2. The van der Waals surface area contributed by atoms with Crippen LogP contribution in [0.4, 0.5) is 5.69 Å². The van der Waals surface area contributed by atoms with E-state index in [0.717, 1.165) is 5.56 Å². The van der Waals surface area contributed by atoms with Crippen molar-refractivity contribution in [3.8, 4) is 0 Å². The van der Waals surface area contributed by atoms with Gasteiger partial charge >= 0.3 is 0 Å². The van der Waals surface area contributed by atoms with E-state index in [-0.39, 0.29) is 16.6 Å². The van der Waals surface area contributed by atoms with Gasteiger partial charge in [-0.15, -0.1) is 0 Å². The lowest BCUT2D eigenvalue weighted by Crippen LogP contribution is -2.33. The average Bonchev–Trinajstić information content (AvgIpc) is 2.61. The van der Waals surface area contributed by atoms with Crippen molar-refractivity contribution in [1.29, 1.82) is 0 Å². The highest BCUT2D eigenvalue weighted by atomic mass is 32.2. The number of benzene rings is 2. The molecule has 0 fully saturated rings. The lowest BCUT2D eigenvalue weighted by atomic mass is 10.1. The number of hydrogen-bond acceptors (Lipinski definition) is 5. The summed E-state index contributed by atoms with van der Waals surface area (Å²) in [5.74, 6) is 0. The Kier molecular flexibility index (Phi) is 6.47. The Morgan fingerprint density at radius 3 is 2.27 bits per heavy atom. The number of nitro benzene ring substituents is 1. The Morgan fingerprint density at radius 2 is 1.69 bits per heavy atom. The van der Waals surface area contributed by atoms with Crippen LogP contribution in [0.1, 0.15) is 25.0 Å². The molecule has 0 heterocycles. The Hall–Kier alpha value is -2.29. The largest absolute Gasteiger partial charge is 0.308 e. The zero-order valence-electron chi connectivity index (χ0n) is 15.0. The second-order valence-electron chi connectivity index (χ2n) is 6.25. The average molecular weight is 377 g/mol. The van der Waals surface area contributed by atoms with Gasteiger partial charge in [0.1, 0.15) is 0 Å². The van der Waals surface area contributed by atoms with Crippen LogP contribution in [0.3, 0.4) is 0 Å². The van der Waals surface area contributed by atoms with Crippen LogP contribution in [0, 0.1) is 10.1 Å². The molecule has 2 aromatic carbocycles. The predicted molar refractivity (Wildman–Crippen MR) is 100 cm³/mol. The summed E-state index contributed by atoms with van der Waals surface area (Å²) in [4.78, 5) is 10.9. The van der Waals surface area contributed by atoms with Gasteiger partial charge in [0.15, 0.2) is 0 Å². The molecule has 26 heavy (non-hydrogen) atoms. The molecule has 0 saturated heterocycles. The van der Waals surface area contributed by atoms with Crippen molar-refractivity contribution in [3.05, 3.63) is 69.8 Å². The second-order valence-corrected chi connectivity index (χ2v) is 8.25. The Morgan fingerprint density at radius 1 is 1.08 bits per heavy atom. The lowest BCUT2D eigenvalue weighted by Gasteiger charge is -2.21. The third-order valence-corrected chi connectivity index (χ3v) is 6.21. The number of nitrogens with zero attached hydrogens (tertiary/aromatic N) is 2. The molecule has 2 rings (SSSR count). The molecular weight excluding hydrogens is 354 g/mol. The summed E-state index contributed by atoms with van der Waals surface area (Å²) in [5, 5.41) is 14.2. The first-order valence-electron chi connectivity index (χ1n) is 8.23. The van der Waals surface area contributed by atoms with Gasteiger partial charge in [-0.2, -0.15) is 4.31 Å². The fourth-order valence-corrected chi connectivity index (χ4v) is 3.77. The number of sulfonamides is 1. The molecule has 0 aliphatic rings. The van der Waals surface area contributed by atoms with Gasteiger partial charge in [0, 0.05) is 37.8 Å². The van der Waals surface area contributed by atoms with Gasteiger partial charge in [0.25, 0.3) is 5.69 Å². The highest BCUT2D eigenvalue weighted by molar-refractivity contribution is 7.89. The molecule has 0 radical (unpaired) electrons. The van der Waals surface area contributed by atoms with Crippen LogP contribution >= 0.6 is 0 Å². The fraction of sp³-hybridized carbons (Fsp3) is 0.333. The molecule has 140 valence electrons. The minimum atomic E-state index is -3.50. The molecule has 0 spiro atoms. The highest BCUT2D eigenvalue weighted by Crippen LogP contribution is 2.19. The minimum absolute atomic E-state index is 0.0816. The summed E-state index contributed by atoms with van der Waals surface area (Å²) in [7, 11) is -1.94. The summed E-state index contributed by atoms with van der Waals surface area (Å²) >= 11 is 0. The minimum Gasteiger partial charge on any atom is -0.308 e. The van der Waals surface area contributed by atoms with Crippen molar-refractivity contribution in [3.63, 3.8) is 0 Å². The van der Waals surface area contributed by atoms with Crippen molar-refractivity contribution in [2.45, 2.75) is 37.9 Å². The maximum atomic E-state index is 12.4. The fourth-order valence-electron chi connectivity index (χ4n) is 2.40. The van der Waals surface area contributed by atoms with Gasteiger partial charge in [-0.05, 0) is 31.5 Å². The highest BCUT2D eigenvalue weighted by Gasteiger charge is 2.22. The number of nitro groups is 1. The molecule has 0 saturated carbocycles. The smallest absolute Gasteiger partial charge is 0.273 e. The van der Waals surface area contributed by atoms with Crippen LogP contribution < -0.4 is 5.32 Å². The first kappa shape index (κ1) is 20.0. The summed E-state index contributed by atoms with van der Waals surface area (Å²) < 4.78 is 26.2. The van der Waals surface area contributed by atoms with Crippen LogP contribution in [-0.2, 0) is 23.1 Å². The third-order valence-electron chi connectivity index (χ3n) is 4.16. The van der Waals surface area contributed by atoms with E-state index in [9.17, 15) is 18.5 Å². The standard InChI is InChI=1S/C18H23N3O4S/c1-14(2)20(3)26(24,25)17-10-8-15(9-11-17)12-19-13-16-6-4-5-7-18(16)21(22)23/h4-11,14,19H,12-13H2,1-3H3. The summed E-state index contributed by atoms with van der Waals surface area (Å²) in [5.41, 5.74) is 1.59. The Labute approximate surface area is 153 Å². The van der Waals surface area contributed by atoms with Crippen molar-refractivity contribution >= 4 is 15.7 Å². The van der Waals surface area contributed by atoms with E-state index in [1.165, 1.54) is 10.4 Å². The lowest BCUT2D eigenvalue weighted by molar-refractivity contribution is -0.385. The zero-order valence-corrected chi connectivity index (χ0v) is 15.9. The van der Waals surface area contributed by atoms with E-state index in [1.54, 1.807) is 49.5 Å². The van der Waals surface area contributed by atoms with E-state index in [2.05, 4.69) is 5.32 Å². The van der Waals surface area contributed by atoms with Gasteiger partial charge in [-0.25, -0.2) is 8.42 Å². The summed E-state index contributed by atoms with van der Waals surface area (Å²) in [6.45, 7) is 4.47. The van der Waals surface area contributed by atoms with E-state index in [1.807, 2.05) is 13.8 Å². The molecule has 0 unspecified atom stereocenters. The Balaban J connectivity index is 2.02. The van der Waals surface area contributed by atoms with Crippen LogP contribution in [0.15, 0.2) is 53.4 Å². The van der Waals surface area contributed by atoms with Gasteiger partial charge in [-0.3, -0.25) is 10.1 Å². The zero-order chi connectivity index (χ0) is 19.3. The second kappa shape index (κ2) is 8.39. The molecule has 0 aliphatic carbocycles. The van der Waals surface area contributed by atoms with Gasteiger partial charge in [0.05, 0.1) is 9.82 Å². The SMILES string of the molecule is CC(C)N(C)S(=O)(=O)c1ccc(CNCc2ccccc2[N+](=O)[O-])cc1. The van der Waals surface area contributed by atoms with Gasteiger partial charge in [0.2, 0.25) is 10.0 Å². The molecule has 0 aromatic heterocycles. The summed E-state index contributed by atoms with van der Waals surface area (Å²) in [6, 6.07) is 13.1. The normalized spacial score (nSPS) is 11.9. The molecule has 7 nitrogen and oxygen atoms in total. The summed E-state index contributed by atoms with van der Waals surface area (Å²) in [6.07, 6.45) is 0. The molecule has 8 heteroatoms. The van der Waals surface area contributed by atoms with Crippen molar-refractivity contribution < 1.29 is 13.3 Å². The number of hydrogen-bond donors (Lipinski definition) is 1. The monoisotopic (exact) mass is 377 g/mol. The van der Waals surface area contributed by atoms with Crippen LogP contribution in [-0.4, -0.2) is 30.7 Å². The quantitative estimate of drug-likeness (QED) is 0.564. The van der Waals surface area contributed by atoms with Crippen LogP contribution in [0.25, 0.3) is 0 Å². The van der Waals surface area contributed by atoms with E-state index in [4.69, 9.17) is 0 Å². The number of para-hydroxylation sites is 1. The molecule has 0 bridgehead atoms. The molecule has 0 atom stereocenters. The molecule has 0 amide bonds. The topological polar surface area (TPSA) is 92.6 Å². The number of nitrogens with one attached hydrogen (secondary N) is 1. The first-order valence-corrected chi connectivity index (χ1v) is 9.67.